The van der Waals surface area contributed by atoms with Gasteiger partial charge in [0.25, 0.3) is 0 Å². The van der Waals surface area contributed by atoms with Gasteiger partial charge in [-0.1, -0.05) is 24.3 Å². The molecule has 1 heterocycles. The van der Waals surface area contributed by atoms with E-state index in [-0.39, 0.29) is 11.7 Å². The molecule has 1 aromatic heterocycles. The highest BCUT2D eigenvalue weighted by molar-refractivity contribution is 5.76. The molecular weight excluding hydrogens is 281 g/mol. The van der Waals surface area contributed by atoms with Gasteiger partial charge in [-0.3, -0.25) is 9.78 Å². The van der Waals surface area contributed by atoms with Crippen LogP contribution in [0.3, 0.4) is 0 Å². The van der Waals surface area contributed by atoms with E-state index in [1.807, 2.05) is 18.2 Å². The average Bonchev–Trinajstić information content (AvgIpc) is 2.54. The molecule has 4 nitrogen and oxygen atoms in total. The summed E-state index contributed by atoms with van der Waals surface area (Å²) in [5.41, 5.74) is 1.57. The quantitative estimate of drug-likeness (QED) is 0.734. The number of carbonyl (C=O) groups is 1. The van der Waals surface area contributed by atoms with Gasteiger partial charge in [0.2, 0.25) is 5.91 Å². The van der Waals surface area contributed by atoms with Crippen LogP contribution in [-0.2, 0) is 17.8 Å². The molecular formula is C17H20FN3O. The van der Waals surface area contributed by atoms with Crippen molar-refractivity contribution in [3.8, 4) is 0 Å². The topological polar surface area (TPSA) is 54.0 Å². The Balaban J connectivity index is 1.57. The maximum Gasteiger partial charge on any atom is 0.221 e. The fraction of sp³-hybridized carbons (Fsp3) is 0.294. The number of amides is 1. The van der Waals surface area contributed by atoms with E-state index in [1.165, 1.54) is 6.07 Å². The van der Waals surface area contributed by atoms with Gasteiger partial charge < -0.3 is 10.6 Å². The number of pyridine rings is 1. The molecule has 0 bridgehead atoms. The van der Waals surface area contributed by atoms with E-state index in [1.54, 1.807) is 24.4 Å². The Hall–Kier alpha value is -2.27. The smallest absolute Gasteiger partial charge is 0.221 e. The largest absolute Gasteiger partial charge is 0.356 e. The zero-order valence-corrected chi connectivity index (χ0v) is 12.4. The minimum atomic E-state index is -0.228. The molecule has 0 aliphatic carbocycles. The van der Waals surface area contributed by atoms with Crippen molar-refractivity contribution in [1.82, 2.24) is 15.6 Å². The summed E-state index contributed by atoms with van der Waals surface area (Å²) in [6.07, 6.45) is 2.64. The van der Waals surface area contributed by atoms with Crippen molar-refractivity contribution in [1.29, 1.82) is 0 Å². The highest BCUT2D eigenvalue weighted by Crippen LogP contribution is 2.06. The van der Waals surface area contributed by atoms with Crippen molar-refractivity contribution in [3.63, 3.8) is 0 Å². The Kier molecular flexibility index (Phi) is 6.51. The van der Waals surface area contributed by atoms with Gasteiger partial charge in [0, 0.05) is 32.3 Å². The number of nitrogens with zero attached hydrogens (tertiary/aromatic N) is 1. The summed E-state index contributed by atoms with van der Waals surface area (Å²) >= 11 is 0. The normalized spacial score (nSPS) is 10.4. The first kappa shape index (κ1) is 16.1. The van der Waals surface area contributed by atoms with Crippen molar-refractivity contribution >= 4 is 5.91 Å². The van der Waals surface area contributed by atoms with Crippen molar-refractivity contribution in [2.75, 3.05) is 13.1 Å². The molecule has 2 rings (SSSR count). The zero-order chi connectivity index (χ0) is 15.6. The highest BCUT2D eigenvalue weighted by atomic mass is 19.1. The van der Waals surface area contributed by atoms with Crippen LogP contribution in [0.4, 0.5) is 4.39 Å². The van der Waals surface area contributed by atoms with E-state index in [2.05, 4.69) is 15.6 Å². The number of hydrogen-bond donors (Lipinski definition) is 2. The van der Waals surface area contributed by atoms with Crippen LogP contribution in [0.2, 0.25) is 0 Å². The molecule has 0 saturated carbocycles. The first-order valence-corrected chi connectivity index (χ1v) is 7.36. The summed E-state index contributed by atoms with van der Waals surface area (Å²) in [6, 6.07) is 12.3. The second-order valence-corrected chi connectivity index (χ2v) is 4.94. The number of halogens is 1. The Morgan fingerprint density at radius 3 is 2.68 bits per heavy atom. The molecule has 22 heavy (non-hydrogen) atoms. The lowest BCUT2D eigenvalue weighted by Crippen LogP contribution is -2.29. The molecule has 5 heteroatoms. The summed E-state index contributed by atoms with van der Waals surface area (Å²) < 4.78 is 13.4. The van der Waals surface area contributed by atoms with Gasteiger partial charge in [-0.25, -0.2) is 4.39 Å². The lowest BCUT2D eigenvalue weighted by Gasteiger charge is -2.07. The minimum absolute atomic E-state index is 0.0372. The standard InChI is InChI=1S/C17H20FN3O/c18-16-7-2-1-5-14(16)8-12-21-17(22)9-11-19-13-15-6-3-4-10-20-15/h1-7,10,19H,8-9,11-13H2,(H,21,22). The lowest BCUT2D eigenvalue weighted by molar-refractivity contribution is -0.120. The molecule has 0 fully saturated rings. The van der Waals surface area contributed by atoms with E-state index in [0.29, 0.717) is 38.0 Å². The van der Waals surface area contributed by atoms with E-state index in [9.17, 15) is 9.18 Å². The minimum Gasteiger partial charge on any atom is -0.356 e. The van der Waals surface area contributed by atoms with Gasteiger partial charge in [-0.15, -0.1) is 0 Å². The second-order valence-electron chi connectivity index (χ2n) is 4.94. The fourth-order valence-corrected chi connectivity index (χ4v) is 2.05. The van der Waals surface area contributed by atoms with Crippen molar-refractivity contribution < 1.29 is 9.18 Å². The highest BCUT2D eigenvalue weighted by Gasteiger charge is 2.03. The number of nitrogens with one attached hydrogen (secondary N) is 2. The van der Waals surface area contributed by atoms with Gasteiger partial charge in [0.05, 0.1) is 5.69 Å². The second kappa shape index (κ2) is 8.89. The average molecular weight is 301 g/mol. The maximum absolute atomic E-state index is 13.4. The fourth-order valence-electron chi connectivity index (χ4n) is 2.05. The molecule has 0 unspecified atom stereocenters. The van der Waals surface area contributed by atoms with Gasteiger partial charge in [-0.2, -0.15) is 0 Å². The van der Waals surface area contributed by atoms with Crippen LogP contribution in [0.1, 0.15) is 17.7 Å². The summed E-state index contributed by atoms with van der Waals surface area (Å²) in [4.78, 5) is 15.9. The van der Waals surface area contributed by atoms with E-state index >= 15 is 0 Å². The van der Waals surface area contributed by atoms with E-state index in [0.717, 1.165) is 5.69 Å². The van der Waals surface area contributed by atoms with Gasteiger partial charge in [0.1, 0.15) is 5.82 Å². The zero-order valence-electron chi connectivity index (χ0n) is 12.4. The molecule has 1 amide bonds. The van der Waals surface area contributed by atoms with Gasteiger partial charge >= 0.3 is 0 Å². The molecule has 116 valence electrons. The lowest BCUT2D eigenvalue weighted by atomic mass is 10.1. The van der Waals surface area contributed by atoms with Crippen LogP contribution in [0, 0.1) is 5.82 Å². The molecule has 2 aromatic rings. The van der Waals surface area contributed by atoms with Crippen LogP contribution >= 0.6 is 0 Å². The predicted molar refractivity (Wildman–Crippen MR) is 83.7 cm³/mol. The number of hydrogen-bond acceptors (Lipinski definition) is 3. The Morgan fingerprint density at radius 1 is 1.09 bits per heavy atom. The third-order valence-corrected chi connectivity index (χ3v) is 3.24. The van der Waals surface area contributed by atoms with Crippen LogP contribution in [0.15, 0.2) is 48.7 Å². The Morgan fingerprint density at radius 2 is 1.91 bits per heavy atom. The summed E-state index contributed by atoms with van der Waals surface area (Å²) in [5, 5.41) is 5.96. The van der Waals surface area contributed by atoms with E-state index in [4.69, 9.17) is 0 Å². The number of carbonyl (C=O) groups excluding carboxylic acids is 1. The molecule has 1 aromatic carbocycles. The predicted octanol–water partition coefficient (Wildman–Crippen LogP) is 2.06. The number of benzene rings is 1. The monoisotopic (exact) mass is 301 g/mol. The van der Waals surface area contributed by atoms with Crippen LogP contribution in [-0.4, -0.2) is 24.0 Å². The SMILES string of the molecule is O=C(CCNCc1ccccn1)NCCc1ccccc1F. The van der Waals surface area contributed by atoms with Gasteiger partial charge in [0.15, 0.2) is 0 Å². The molecule has 0 aliphatic rings. The first-order valence-electron chi connectivity index (χ1n) is 7.36. The third-order valence-electron chi connectivity index (χ3n) is 3.24. The Labute approximate surface area is 129 Å². The van der Waals surface area contributed by atoms with Crippen LogP contribution < -0.4 is 10.6 Å². The summed E-state index contributed by atoms with van der Waals surface area (Å²) in [7, 11) is 0. The van der Waals surface area contributed by atoms with Crippen molar-refractivity contribution in [2.24, 2.45) is 0 Å². The molecule has 0 aliphatic heterocycles. The molecule has 0 atom stereocenters. The summed E-state index contributed by atoms with van der Waals surface area (Å²) in [5.74, 6) is -0.265. The van der Waals surface area contributed by atoms with E-state index < -0.39 is 0 Å². The van der Waals surface area contributed by atoms with Crippen molar-refractivity contribution in [2.45, 2.75) is 19.4 Å². The number of rotatable bonds is 8. The molecule has 0 saturated heterocycles. The van der Waals surface area contributed by atoms with Crippen LogP contribution in [0.25, 0.3) is 0 Å². The van der Waals surface area contributed by atoms with Crippen LogP contribution in [0.5, 0.6) is 0 Å². The molecule has 0 radical (unpaired) electrons. The summed E-state index contributed by atoms with van der Waals surface area (Å²) in [6.45, 7) is 1.67. The third kappa shape index (κ3) is 5.61. The molecule has 0 spiro atoms. The first-order chi connectivity index (χ1) is 10.8. The number of aromatic nitrogens is 1. The van der Waals surface area contributed by atoms with Crippen molar-refractivity contribution in [3.05, 3.63) is 65.7 Å². The molecule has 2 N–H and O–H groups in total. The van der Waals surface area contributed by atoms with Gasteiger partial charge in [-0.05, 0) is 30.2 Å². The Bertz CT molecular complexity index is 589. The maximum atomic E-state index is 13.4.